The van der Waals surface area contributed by atoms with Gasteiger partial charge < -0.3 is 16.8 Å². The lowest BCUT2D eigenvalue weighted by molar-refractivity contribution is -0.126. The molecule has 13 heavy (non-hydrogen) atoms. The molecule has 0 radical (unpaired) electrons. The third kappa shape index (κ3) is 5.66. The molecule has 3 amide bonds. The summed E-state index contributed by atoms with van der Waals surface area (Å²) in [7, 11) is 0. The highest BCUT2D eigenvalue weighted by Gasteiger charge is 2.16. The molecule has 1 atom stereocenters. The number of rotatable bonds is 5. The Labute approximate surface area is 75.6 Å². The van der Waals surface area contributed by atoms with Gasteiger partial charge in [0, 0.05) is 13.3 Å². The van der Waals surface area contributed by atoms with Gasteiger partial charge in [0.25, 0.3) is 0 Å². The van der Waals surface area contributed by atoms with Crippen molar-refractivity contribution in [3.8, 4) is 0 Å². The SMILES string of the molecule is CC(=O)NC(CCC(N)=O)C(N)=O. The van der Waals surface area contributed by atoms with E-state index in [0.29, 0.717) is 0 Å². The molecule has 0 aromatic rings. The Morgan fingerprint density at radius 2 is 1.85 bits per heavy atom. The molecule has 74 valence electrons. The monoisotopic (exact) mass is 187 g/mol. The molecule has 0 rings (SSSR count). The Kier molecular flexibility index (Phi) is 4.50. The van der Waals surface area contributed by atoms with Crippen molar-refractivity contribution in [2.45, 2.75) is 25.8 Å². The van der Waals surface area contributed by atoms with Crippen molar-refractivity contribution in [3.63, 3.8) is 0 Å². The van der Waals surface area contributed by atoms with Gasteiger partial charge in [-0.15, -0.1) is 0 Å². The first-order chi connectivity index (χ1) is 5.93. The third-order valence-corrected chi connectivity index (χ3v) is 1.40. The lowest BCUT2D eigenvalue weighted by Gasteiger charge is -2.12. The molecule has 6 heteroatoms. The van der Waals surface area contributed by atoms with Crippen LogP contribution in [0.5, 0.6) is 0 Å². The van der Waals surface area contributed by atoms with E-state index in [9.17, 15) is 14.4 Å². The number of hydrogen-bond donors (Lipinski definition) is 3. The molecule has 0 aliphatic heterocycles. The number of carbonyl (C=O) groups excluding carboxylic acids is 3. The fourth-order valence-electron chi connectivity index (χ4n) is 0.818. The van der Waals surface area contributed by atoms with Crippen LogP contribution in [0.3, 0.4) is 0 Å². The minimum atomic E-state index is -0.815. The normalized spacial score (nSPS) is 11.8. The first-order valence-electron chi connectivity index (χ1n) is 3.78. The van der Waals surface area contributed by atoms with Gasteiger partial charge in [0.1, 0.15) is 6.04 Å². The average molecular weight is 187 g/mol. The van der Waals surface area contributed by atoms with Gasteiger partial charge in [-0.1, -0.05) is 0 Å². The Morgan fingerprint density at radius 3 is 2.15 bits per heavy atom. The van der Waals surface area contributed by atoms with E-state index < -0.39 is 17.9 Å². The summed E-state index contributed by atoms with van der Waals surface area (Å²) in [6.07, 6.45) is 0.165. The van der Waals surface area contributed by atoms with Gasteiger partial charge in [-0.05, 0) is 6.42 Å². The largest absolute Gasteiger partial charge is 0.370 e. The van der Waals surface area contributed by atoms with E-state index in [2.05, 4.69) is 5.32 Å². The van der Waals surface area contributed by atoms with Crippen LogP contribution in [0, 0.1) is 0 Å². The van der Waals surface area contributed by atoms with Crippen molar-refractivity contribution in [2.24, 2.45) is 11.5 Å². The summed E-state index contributed by atoms with van der Waals surface area (Å²) >= 11 is 0. The Morgan fingerprint density at radius 1 is 1.31 bits per heavy atom. The predicted molar refractivity (Wildman–Crippen MR) is 45.2 cm³/mol. The highest BCUT2D eigenvalue weighted by atomic mass is 16.2. The number of nitrogens with one attached hydrogen (secondary N) is 1. The van der Waals surface area contributed by atoms with Crippen LogP contribution in [0.15, 0.2) is 0 Å². The van der Waals surface area contributed by atoms with Crippen LogP contribution in [0.2, 0.25) is 0 Å². The van der Waals surface area contributed by atoms with E-state index in [4.69, 9.17) is 11.5 Å². The summed E-state index contributed by atoms with van der Waals surface area (Å²) in [4.78, 5) is 31.6. The molecule has 5 N–H and O–H groups in total. The molecule has 0 spiro atoms. The lowest BCUT2D eigenvalue weighted by atomic mass is 10.1. The van der Waals surface area contributed by atoms with Crippen LogP contribution in [0.25, 0.3) is 0 Å². The third-order valence-electron chi connectivity index (χ3n) is 1.40. The molecule has 0 saturated heterocycles. The van der Waals surface area contributed by atoms with E-state index in [1.54, 1.807) is 0 Å². The second-order valence-corrected chi connectivity index (χ2v) is 2.66. The fourth-order valence-corrected chi connectivity index (χ4v) is 0.818. The van der Waals surface area contributed by atoms with E-state index in [0.717, 1.165) is 0 Å². The van der Waals surface area contributed by atoms with Crippen molar-refractivity contribution in [3.05, 3.63) is 0 Å². The topological polar surface area (TPSA) is 115 Å². The summed E-state index contributed by atoms with van der Waals surface area (Å²) in [6, 6.07) is -0.815. The molecule has 0 fully saturated rings. The number of hydrogen-bond acceptors (Lipinski definition) is 3. The molecule has 0 aliphatic carbocycles. The second-order valence-electron chi connectivity index (χ2n) is 2.66. The molecule has 0 aromatic carbocycles. The second kappa shape index (κ2) is 5.13. The Hall–Kier alpha value is -1.59. The quantitative estimate of drug-likeness (QED) is 0.473. The smallest absolute Gasteiger partial charge is 0.240 e. The van der Waals surface area contributed by atoms with Crippen LogP contribution in [0.4, 0.5) is 0 Å². The first kappa shape index (κ1) is 11.4. The minimum absolute atomic E-state index is 0.0217. The first-order valence-corrected chi connectivity index (χ1v) is 3.78. The number of primary amides is 2. The van der Waals surface area contributed by atoms with Crippen LogP contribution in [-0.4, -0.2) is 23.8 Å². The molecule has 1 unspecified atom stereocenters. The maximum absolute atomic E-state index is 10.7. The predicted octanol–water partition coefficient (Wildman–Crippen LogP) is -1.76. The van der Waals surface area contributed by atoms with Crippen molar-refractivity contribution in [1.82, 2.24) is 5.32 Å². The van der Waals surface area contributed by atoms with Crippen LogP contribution < -0.4 is 16.8 Å². The number of carbonyl (C=O) groups is 3. The zero-order valence-electron chi connectivity index (χ0n) is 7.37. The fraction of sp³-hybridized carbons (Fsp3) is 0.571. The maximum atomic E-state index is 10.7. The number of amides is 3. The Bertz CT molecular complexity index is 227. The van der Waals surface area contributed by atoms with E-state index in [-0.39, 0.29) is 18.7 Å². The van der Waals surface area contributed by atoms with Crippen LogP contribution >= 0.6 is 0 Å². The molecule has 0 saturated carbocycles. The van der Waals surface area contributed by atoms with Gasteiger partial charge in [-0.25, -0.2) is 0 Å². The van der Waals surface area contributed by atoms with E-state index in [1.807, 2.05) is 0 Å². The van der Waals surface area contributed by atoms with Gasteiger partial charge >= 0.3 is 0 Å². The van der Waals surface area contributed by atoms with Gasteiger partial charge in [0.05, 0.1) is 0 Å². The van der Waals surface area contributed by atoms with Crippen molar-refractivity contribution >= 4 is 17.7 Å². The molecule has 6 nitrogen and oxygen atoms in total. The molecule has 0 aliphatic rings. The van der Waals surface area contributed by atoms with Gasteiger partial charge in [-0.2, -0.15) is 0 Å². The molecule has 0 heterocycles. The summed E-state index contributed by atoms with van der Waals surface area (Å²) in [5.41, 5.74) is 9.83. The number of nitrogens with two attached hydrogens (primary N) is 2. The summed E-state index contributed by atoms with van der Waals surface area (Å²) in [6.45, 7) is 1.26. The van der Waals surface area contributed by atoms with Gasteiger partial charge in [0.15, 0.2) is 0 Å². The average Bonchev–Trinajstić information content (AvgIpc) is 1.96. The van der Waals surface area contributed by atoms with Gasteiger partial charge in [-0.3, -0.25) is 14.4 Å². The molecular weight excluding hydrogens is 174 g/mol. The van der Waals surface area contributed by atoms with E-state index >= 15 is 0 Å². The zero-order valence-corrected chi connectivity index (χ0v) is 7.37. The zero-order chi connectivity index (χ0) is 10.4. The van der Waals surface area contributed by atoms with E-state index in [1.165, 1.54) is 6.92 Å². The summed E-state index contributed by atoms with van der Waals surface area (Å²) < 4.78 is 0. The minimum Gasteiger partial charge on any atom is -0.370 e. The highest BCUT2D eigenvalue weighted by molar-refractivity contribution is 5.86. The maximum Gasteiger partial charge on any atom is 0.240 e. The molecule has 0 aromatic heterocycles. The lowest BCUT2D eigenvalue weighted by Crippen LogP contribution is -2.44. The highest BCUT2D eigenvalue weighted by Crippen LogP contribution is 1.95. The summed E-state index contributed by atoms with van der Waals surface area (Å²) in [5, 5.41) is 2.31. The van der Waals surface area contributed by atoms with Gasteiger partial charge in [0.2, 0.25) is 17.7 Å². The standard InChI is InChI=1S/C7H13N3O3/c1-4(11)10-5(7(9)13)2-3-6(8)12/h5H,2-3H2,1H3,(H2,8,12)(H2,9,13)(H,10,11). The van der Waals surface area contributed by atoms with Crippen molar-refractivity contribution in [2.75, 3.05) is 0 Å². The van der Waals surface area contributed by atoms with Crippen molar-refractivity contribution < 1.29 is 14.4 Å². The summed E-state index contributed by atoms with van der Waals surface area (Å²) in [5.74, 6) is -1.57. The van der Waals surface area contributed by atoms with Crippen LogP contribution in [-0.2, 0) is 14.4 Å². The molecule has 0 bridgehead atoms. The van der Waals surface area contributed by atoms with Crippen LogP contribution in [0.1, 0.15) is 19.8 Å². The van der Waals surface area contributed by atoms with Crippen molar-refractivity contribution in [1.29, 1.82) is 0 Å². The Balaban J connectivity index is 4.02. The molecular formula is C7H13N3O3.